The van der Waals surface area contributed by atoms with E-state index in [1.54, 1.807) is 0 Å². The number of rotatable bonds is 5. The summed E-state index contributed by atoms with van der Waals surface area (Å²) in [5.41, 5.74) is 2.06. The van der Waals surface area contributed by atoms with Crippen molar-refractivity contribution in [3.05, 3.63) is 30.3 Å². The SMILES string of the molecule is CCC1(CNC2CCN(c3ccccc3)CC2)CC1. The van der Waals surface area contributed by atoms with Crippen molar-refractivity contribution in [2.75, 3.05) is 24.5 Å². The van der Waals surface area contributed by atoms with E-state index in [1.165, 1.54) is 57.4 Å². The van der Waals surface area contributed by atoms with Crippen LogP contribution in [0.4, 0.5) is 5.69 Å². The molecule has 2 aliphatic rings. The lowest BCUT2D eigenvalue weighted by atomic mass is 10.0. The fourth-order valence-corrected chi connectivity index (χ4v) is 3.17. The van der Waals surface area contributed by atoms with Crippen molar-refractivity contribution < 1.29 is 0 Å². The zero-order valence-electron chi connectivity index (χ0n) is 12.1. The molecule has 0 aromatic heterocycles. The molecule has 1 N–H and O–H groups in total. The molecule has 0 atom stereocenters. The van der Waals surface area contributed by atoms with Crippen molar-refractivity contribution in [1.29, 1.82) is 0 Å². The van der Waals surface area contributed by atoms with Gasteiger partial charge in [-0.05, 0) is 49.7 Å². The van der Waals surface area contributed by atoms with Crippen LogP contribution in [0.25, 0.3) is 0 Å². The first kappa shape index (κ1) is 13.0. The van der Waals surface area contributed by atoms with Crippen LogP contribution in [0.1, 0.15) is 39.0 Å². The van der Waals surface area contributed by atoms with Crippen LogP contribution in [-0.4, -0.2) is 25.7 Å². The van der Waals surface area contributed by atoms with Crippen LogP contribution < -0.4 is 10.2 Å². The minimum absolute atomic E-state index is 0.677. The Balaban J connectivity index is 1.45. The van der Waals surface area contributed by atoms with Crippen molar-refractivity contribution in [3.8, 4) is 0 Å². The number of piperidine rings is 1. The van der Waals surface area contributed by atoms with Gasteiger partial charge in [-0.3, -0.25) is 0 Å². The van der Waals surface area contributed by atoms with E-state index in [-0.39, 0.29) is 0 Å². The second-order valence-electron chi connectivity index (χ2n) is 6.33. The minimum atomic E-state index is 0.677. The van der Waals surface area contributed by atoms with Gasteiger partial charge in [0.05, 0.1) is 0 Å². The lowest BCUT2D eigenvalue weighted by Gasteiger charge is -2.34. The molecule has 0 unspecified atom stereocenters. The van der Waals surface area contributed by atoms with Crippen LogP contribution in [0.5, 0.6) is 0 Å². The van der Waals surface area contributed by atoms with Gasteiger partial charge in [-0.25, -0.2) is 0 Å². The molecular weight excluding hydrogens is 232 g/mol. The highest BCUT2D eigenvalue weighted by atomic mass is 15.1. The standard InChI is InChI=1S/C17H26N2/c1-2-17(10-11-17)14-18-15-8-12-19(13-9-15)16-6-4-3-5-7-16/h3-7,15,18H,2,8-14H2,1H3. The Morgan fingerprint density at radius 2 is 1.84 bits per heavy atom. The molecule has 1 aliphatic carbocycles. The van der Waals surface area contributed by atoms with Crippen LogP contribution in [0.15, 0.2) is 30.3 Å². The van der Waals surface area contributed by atoms with E-state index in [0.29, 0.717) is 5.41 Å². The van der Waals surface area contributed by atoms with Crippen LogP contribution in [-0.2, 0) is 0 Å². The third-order valence-electron chi connectivity index (χ3n) is 5.09. The molecular formula is C17H26N2. The zero-order chi connectivity index (χ0) is 13.1. The summed E-state index contributed by atoms with van der Waals surface area (Å²) in [7, 11) is 0. The lowest BCUT2D eigenvalue weighted by Crippen LogP contribution is -2.44. The van der Waals surface area contributed by atoms with Crippen LogP contribution in [0, 0.1) is 5.41 Å². The number of hydrogen-bond acceptors (Lipinski definition) is 2. The Bertz CT molecular complexity index is 389. The van der Waals surface area contributed by atoms with Crippen molar-refractivity contribution in [1.82, 2.24) is 5.32 Å². The molecule has 2 nitrogen and oxygen atoms in total. The normalized spacial score (nSPS) is 22.5. The molecule has 0 bridgehead atoms. The van der Waals surface area contributed by atoms with Gasteiger partial charge in [-0.1, -0.05) is 25.1 Å². The van der Waals surface area contributed by atoms with Crippen molar-refractivity contribution in [2.24, 2.45) is 5.41 Å². The second kappa shape index (κ2) is 5.54. The summed E-state index contributed by atoms with van der Waals surface area (Å²) in [4.78, 5) is 2.52. The molecule has 19 heavy (non-hydrogen) atoms. The zero-order valence-corrected chi connectivity index (χ0v) is 12.1. The molecule has 0 amide bonds. The van der Waals surface area contributed by atoms with Gasteiger partial charge in [0.15, 0.2) is 0 Å². The average molecular weight is 258 g/mol. The summed E-state index contributed by atoms with van der Waals surface area (Å²) in [6, 6.07) is 11.6. The van der Waals surface area contributed by atoms with E-state index in [1.807, 2.05) is 0 Å². The van der Waals surface area contributed by atoms with Crippen LogP contribution >= 0.6 is 0 Å². The smallest absolute Gasteiger partial charge is 0.0366 e. The van der Waals surface area contributed by atoms with Gasteiger partial charge in [0.2, 0.25) is 0 Å². The Hall–Kier alpha value is -1.02. The summed E-state index contributed by atoms with van der Waals surface area (Å²) < 4.78 is 0. The van der Waals surface area contributed by atoms with Crippen LogP contribution in [0.3, 0.4) is 0 Å². The van der Waals surface area contributed by atoms with Crippen molar-refractivity contribution in [2.45, 2.75) is 45.1 Å². The first-order valence-electron chi connectivity index (χ1n) is 7.85. The number of benzene rings is 1. The maximum atomic E-state index is 3.82. The first-order chi connectivity index (χ1) is 9.31. The summed E-state index contributed by atoms with van der Waals surface area (Å²) in [5, 5.41) is 3.82. The topological polar surface area (TPSA) is 15.3 Å². The quantitative estimate of drug-likeness (QED) is 0.870. The van der Waals surface area contributed by atoms with Gasteiger partial charge < -0.3 is 10.2 Å². The van der Waals surface area contributed by atoms with E-state index in [0.717, 1.165) is 6.04 Å². The van der Waals surface area contributed by atoms with Gasteiger partial charge in [-0.2, -0.15) is 0 Å². The predicted molar refractivity (Wildman–Crippen MR) is 81.6 cm³/mol. The molecule has 2 fully saturated rings. The molecule has 1 aromatic rings. The fourth-order valence-electron chi connectivity index (χ4n) is 3.17. The van der Waals surface area contributed by atoms with Gasteiger partial charge in [0, 0.05) is 31.4 Å². The molecule has 1 saturated carbocycles. The molecule has 1 aliphatic heterocycles. The summed E-state index contributed by atoms with van der Waals surface area (Å²) >= 11 is 0. The maximum absolute atomic E-state index is 3.82. The summed E-state index contributed by atoms with van der Waals surface area (Å²) in [6.07, 6.45) is 6.81. The highest BCUT2D eigenvalue weighted by molar-refractivity contribution is 5.46. The van der Waals surface area contributed by atoms with Gasteiger partial charge in [0.1, 0.15) is 0 Å². The largest absolute Gasteiger partial charge is 0.371 e. The molecule has 1 aromatic carbocycles. The van der Waals surface area contributed by atoms with Crippen molar-refractivity contribution >= 4 is 5.69 Å². The van der Waals surface area contributed by atoms with Crippen molar-refractivity contribution in [3.63, 3.8) is 0 Å². The maximum Gasteiger partial charge on any atom is 0.0366 e. The third-order valence-corrected chi connectivity index (χ3v) is 5.09. The Morgan fingerprint density at radius 3 is 2.42 bits per heavy atom. The monoisotopic (exact) mass is 258 g/mol. The predicted octanol–water partition coefficient (Wildman–Crippen LogP) is 3.44. The van der Waals surface area contributed by atoms with E-state index in [2.05, 4.69) is 47.5 Å². The number of hydrogen-bond donors (Lipinski definition) is 1. The van der Waals surface area contributed by atoms with E-state index < -0.39 is 0 Å². The molecule has 1 heterocycles. The highest BCUT2D eigenvalue weighted by Crippen LogP contribution is 2.48. The molecule has 0 spiro atoms. The summed E-state index contributed by atoms with van der Waals surface area (Å²) in [5.74, 6) is 0. The van der Waals surface area contributed by atoms with Crippen LogP contribution in [0.2, 0.25) is 0 Å². The number of nitrogens with zero attached hydrogens (tertiary/aromatic N) is 1. The average Bonchev–Trinajstić information content (AvgIpc) is 3.27. The number of para-hydroxylation sites is 1. The number of anilines is 1. The fraction of sp³-hybridized carbons (Fsp3) is 0.647. The van der Waals surface area contributed by atoms with E-state index >= 15 is 0 Å². The molecule has 0 radical (unpaired) electrons. The number of nitrogens with one attached hydrogen (secondary N) is 1. The van der Waals surface area contributed by atoms with E-state index in [9.17, 15) is 0 Å². The second-order valence-corrected chi connectivity index (χ2v) is 6.33. The summed E-state index contributed by atoms with van der Waals surface area (Å²) in [6.45, 7) is 5.98. The Kier molecular flexibility index (Phi) is 3.79. The van der Waals surface area contributed by atoms with Gasteiger partial charge in [-0.15, -0.1) is 0 Å². The van der Waals surface area contributed by atoms with Gasteiger partial charge in [0.25, 0.3) is 0 Å². The molecule has 2 heteroatoms. The Labute approximate surface area is 117 Å². The lowest BCUT2D eigenvalue weighted by molar-refractivity contribution is 0.358. The first-order valence-corrected chi connectivity index (χ1v) is 7.85. The van der Waals surface area contributed by atoms with E-state index in [4.69, 9.17) is 0 Å². The Morgan fingerprint density at radius 1 is 1.16 bits per heavy atom. The molecule has 3 rings (SSSR count). The molecule has 1 saturated heterocycles. The minimum Gasteiger partial charge on any atom is -0.371 e. The van der Waals surface area contributed by atoms with Gasteiger partial charge >= 0.3 is 0 Å². The highest BCUT2D eigenvalue weighted by Gasteiger charge is 2.40. The third kappa shape index (κ3) is 3.11. The molecule has 104 valence electrons.